The van der Waals surface area contributed by atoms with E-state index >= 15 is 0 Å². The molecular formula is C32H56N2P2S2Ti. The van der Waals surface area contributed by atoms with Crippen molar-refractivity contribution in [1.29, 1.82) is 0 Å². The van der Waals surface area contributed by atoms with Crippen LogP contribution in [-0.4, -0.2) is 34.0 Å². The molecule has 2 rings (SSSR count). The second-order valence-electron chi connectivity index (χ2n) is 11.4. The molecular weight excluding hydrogens is 586 g/mol. The van der Waals surface area contributed by atoms with E-state index in [-0.39, 0.29) is 21.7 Å². The van der Waals surface area contributed by atoms with Crippen molar-refractivity contribution in [1.82, 2.24) is 0 Å². The average Bonchev–Trinajstić information content (AvgIpc) is 2.88. The van der Waals surface area contributed by atoms with Crippen molar-refractivity contribution >= 4 is 39.4 Å². The van der Waals surface area contributed by atoms with E-state index in [1.807, 2.05) is 60.7 Å². The number of rotatable bonds is 8. The van der Waals surface area contributed by atoms with Gasteiger partial charge in [0.15, 0.2) is 0 Å². The van der Waals surface area contributed by atoms with Crippen LogP contribution in [0.3, 0.4) is 0 Å². The van der Waals surface area contributed by atoms with Crippen molar-refractivity contribution in [3.8, 4) is 0 Å². The Morgan fingerprint density at radius 1 is 0.462 bits per heavy atom. The summed E-state index contributed by atoms with van der Waals surface area (Å²) in [6.45, 7) is 25.6. The first kappa shape index (κ1) is 43.8. The molecule has 2 nitrogen and oxygen atoms in total. The van der Waals surface area contributed by atoms with Gasteiger partial charge in [-0.15, -0.1) is 0 Å². The monoisotopic (exact) mass is 642 g/mol. The minimum atomic E-state index is -1.69. The third kappa shape index (κ3) is 15.9. The first-order valence-corrected chi connectivity index (χ1v) is 19.0. The third-order valence-corrected chi connectivity index (χ3v) is 17.6. The van der Waals surface area contributed by atoms with Gasteiger partial charge in [0.05, 0.1) is 0 Å². The summed E-state index contributed by atoms with van der Waals surface area (Å²) < 4.78 is 0. The molecule has 7 heteroatoms. The van der Waals surface area contributed by atoms with Gasteiger partial charge in [-0.1, -0.05) is 155 Å². The Morgan fingerprint density at radius 2 is 0.641 bits per heavy atom. The molecule has 0 N–H and O–H groups in total. The van der Waals surface area contributed by atoms with E-state index in [2.05, 4.69) is 83.1 Å². The van der Waals surface area contributed by atoms with Gasteiger partial charge in [0, 0.05) is 0 Å². The van der Waals surface area contributed by atoms with Crippen LogP contribution in [0.1, 0.15) is 94.2 Å². The standard InChI is InChI=1S/2C9H21NP.2C7H8S.Ti/c2*1-7(2)11(10,8(3)4)9(5)6;2*8-6-7-4-2-1-3-5-7;/h2*7-9H,1-6H3;2*1-5,8H,6H2;/q2*-1;;;+4/p-2. The maximum atomic E-state index is 10.4. The summed E-state index contributed by atoms with van der Waals surface area (Å²) in [4.78, 5) is 0. The van der Waals surface area contributed by atoms with Crippen molar-refractivity contribution in [3.63, 3.8) is 0 Å². The molecule has 0 aliphatic heterocycles. The molecule has 0 unspecified atom stereocenters. The van der Waals surface area contributed by atoms with Gasteiger partial charge >= 0.3 is 21.7 Å². The molecule has 0 heterocycles. The fraction of sp³-hybridized carbons (Fsp3) is 0.625. The number of hydrogen-bond acceptors (Lipinski definition) is 2. The molecule has 0 saturated heterocycles. The van der Waals surface area contributed by atoms with E-state index < -0.39 is 14.1 Å². The Hall–Kier alpha value is 0.314. The van der Waals surface area contributed by atoms with Gasteiger partial charge in [-0.3, -0.25) is 0 Å². The summed E-state index contributed by atoms with van der Waals surface area (Å²) in [6.07, 6.45) is 0. The average molecular weight is 643 g/mol. The largest absolute Gasteiger partial charge is 4.00 e. The zero-order valence-electron chi connectivity index (χ0n) is 26.8. The molecule has 0 spiro atoms. The van der Waals surface area contributed by atoms with Gasteiger partial charge in [0.1, 0.15) is 0 Å². The van der Waals surface area contributed by atoms with Crippen LogP contribution in [0.5, 0.6) is 0 Å². The minimum Gasteiger partial charge on any atom is -0.807 e. The van der Waals surface area contributed by atoms with Crippen LogP contribution in [0.4, 0.5) is 0 Å². The molecule has 0 saturated carbocycles. The summed E-state index contributed by atoms with van der Waals surface area (Å²) in [6, 6.07) is 20.1. The molecule has 0 aliphatic carbocycles. The Kier molecular flexibility index (Phi) is 25.6. The maximum absolute atomic E-state index is 10.4. The predicted octanol–water partition coefficient (Wildman–Crippen LogP) is 11.4. The van der Waals surface area contributed by atoms with Crippen LogP contribution in [0.25, 0.3) is 10.3 Å². The van der Waals surface area contributed by atoms with Gasteiger partial charge in [-0.05, 0) is 34.0 Å². The molecule has 220 valence electrons. The summed E-state index contributed by atoms with van der Waals surface area (Å²) in [5.74, 6) is 1.45. The van der Waals surface area contributed by atoms with Gasteiger partial charge < -0.3 is 35.6 Å². The Labute approximate surface area is 270 Å². The predicted molar refractivity (Wildman–Crippen MR) is 186 cm³/mol. The second kappa shape index (κ2) is 22.9. The van der Waals surface area contributed by atoms with Gasteiger partial charge in [-0.25, -0.2) is 14.1 Å². The van der Waals surface area contributed by atoms with E-state index in [0.29, 0.717) is 34.0 Å². The van der Waals surface area contributed by atoms with Crippen molar-refractivity contribution in [2.45, 2.75) is 129 Å². The molecule has 0 amide bonds. The zero-order chi connectivity index (χ0) is 30.1. The van der Waals surface area contributed by atoms with Gasteiger partial charge in [-0.2, -0.15) is 11.5 Å². The summed E-state index contributed by atoms with van der Waals surface area (Å²) in [5.41, 5.74) is 5.13. The summed E-state index contributed by atoms with van der Waals surface area (Å²) in [7, 11) is -3.37. The van der Waals surface area contributed by atoms with Gasteiger partial charge in [0.2, 0.25) is 0 Å². The molecule has 0 aromatic heterocycles. The molecule has 0 bridgehead atoms. The Bertz CT molecular complexity index is 797. The number of nitrogens with zero attached hydrogens (tertiary/aromatic N) is 2. The van der Waals surface area contributed by atoms with Crippen LogP contribution in [-0.2, 0) is 58.5 Å². The molecule has 0 atom stereocenters. The normalized spacial score (nSPS) is 11.4. The number of hydrogen-bond donors (Lipinski definition) is 0. The van der Waals surface area contributed by atoms with Crippen LogP contribution in [0.15, 0.2) is 60.7 Å². The van der Waals surface area contributed by atoms with Crippen molar-refractivity contribution in [3.05, 3.63) is 82.1 Å². The molecule has 2 aromatic rings. The SMILES string of the molecule is CC(C)P(=[N-])(C(C)C)C(C)C.CC(C)P(=[N-])(C(C)C)C(C)C.[S-]Cc1ccccc1.[S-]Cc1ccccc1.[Ti+4]. The van der Waals surface area contributed by atoms with Crippen molar-refractivity contribution < 1.29 is 21.7 Å². The third-order valence-electron chi connectivity index (χ3n) is 6.98. The Morgan fingerprint density at radius 3 is 0.718 bits per heavy atom. The van der Waals surface area contributed by atoms with E-state index in [1.54, 1.807) is 0 Å². The molecule has 0 fully saturated rings. The van der Waals surface area contributed by atoms with Crippen LogP contribution in [0, 0.1) is 0 Å². The van der Waals surface area contributed by atoms with Crippen LogP contribution >= 0.6 is 14.1 Å². The second-order valence-corrected chi connectivity index (χ2v) is 21.4. The Balaban J connectivity index is -0.000000443. The van der Waals surface area contributed by atoms with E-state index in [4.69, 9.17) is 25.3 Å². The minimum absolute atomic E-state index is 0. The van der Waals surface area contributed by atoms with E-state index in [0.717, 1.165) is 11.5 Å². The molecule has 2 aromatic carbocycles. The quantitative estimate of drug-likeness (QED) is 0.163. The summed E-state index contributed by atoms with van der Waals surface area (Å²) in [5, 5.41) is 20.7. The number of benzene rings is 2. The van der Waals surface area contributed by atoms with Gasteiger partial charge in [0.25, 0.3) is 0 Å². The molecule has 0 aliphatic rings. The maximum Gasteiger partial charge on any atom is 4.00 e. The molecule has 39 heavy (non-hydrogen) atoms. The first-order chi connectivity index (χ1) is 17.5. The van der Waals surface area contributed by atoms with E-state index in [9.17, 15) is 10.3 Å². The van der Waals surface area contributed by atoms with Crippen molar-refractivity contribution in [2.24, 2.45) is 0 Å². The smallest absolute Gasteiger partial charge is 0.807 e. The van der Waals surface area contributed by atoms with Crippen LogP contribution < -0.4 is 0 Å². The molecule has 0 radical (unpaired) electrons. The first-order valence-electron chi connectivity index (χ1n) is 14.0. The van der Waals surface area contributed by atoms with Crippen molar-refractivity contribution in [2.75, 3.05) is 0 Å². The fourth-order valence-corrected chi connectivity index (χ4v) is 12.3. The van der Waals surface area contributed by atoms with E-state index in [1.165, 1.54) is 11.1 Å². The fourth-order valence-electron chi connectivity index (χ4n) is 4.73. The van der Waals surface area contributed by atoms with Crippen LogP contribution in [0.2, 0.25) is 0 Å². The zero-order valence-corrected chi connectivity index (χ0v) is 31.7. The summed E-state index contributed by atoms with van der Waals surface area (Å²) >= 11 is 9.64. The topological polar surface area (TPSA) is 44.6 Å².